The van der Waals surface area contributed by atoms with Crippen LogP contribution >= 0.6 is 11.3 Å². The number of aryl methyl sites for hydroxylation is 2. The van der Waals surface area contributed by atoms with Crippen molar-refractivity contribution in [2.45, 2.75) is 68.7 Å². The number of thiophene rings is 1. The Balaban J connectivity index is 2.03. The number of carboxylic acid groups (broad SMARTS) is 1. The van der Waals surface area contributed by atoms with Crippen LogP contribution in [0.4, 0.5) is 13.2 Å². The fraction of sp³-hybridized carbons (Fsp3) is 0.542. The molecule has 202 valence electrons. The van der Waals surface area contributed by atoms with Crippen molar-refractivity contribution in [3.8, 4) is 0 Å². The van der Waals surface area contributed by atoms with Crippen molar-refractivity contribution in [2.24, 2.45) is 0 Å². The fourth-order valence-electron chi connectivity index (χ4n) is 3.65. The minimum absolute atomic E-state index is 0.0503. The van der Waals surface area contributed by atoms with Crippen LogP contribution in [0.2, 0.25) is 0 Å². The first kappa shape index (κ1) is 30.2. The number of nitrogens with zero attached hydrogens (tertiary/aromatic N) is 1. The molecule has 2 aromatic rings. The van der Waals surface area contributed by atoms with Crippen LogP contribution in [0.25, 0.3) is 0 Å². The smallest absolute Gasteiger partial charge is 0.416 e. The lowest BCUT2D eigenvalue weighted by atomic mass is 9.96. The molecule has 7 nitrogen and oxygen atoms in total. The van der Waals surface area contributed by atoms with Crippen LogP contribution in [0.3, 0.4) is 0 Å². The first-order chi connectivity index (χ1) is 16.6. The molecule has 0 fully saturated rings. The third-order valence-electron chi connectivity index (χ3n) is 5.72. The summed E-state index contributed by atoms with van der Waals surface area (Å²) in [5.74, 6) is -1.21. The number of hydrogen-bond donors (Lipinski definition) is 3. The quantitative estimate of drug-likeness (QED) is 0.326. The maximum atomic E-state index is 13.4. The molecule has 0 amide bonds. The number of sulfonamides is 1. The summed E-state index contributed by atoms with van der Waals surface area (Å²) in [6, 6.07) is 6.40. The van der Waals surface area contributed by atoms with Gasteiger partial charge >= 0.3 is 12.1 Å². The summed E-state index contributed by atoms with van der Waals surface area (Å²) >= 11 is 1.69. The number of nitrogens with one attached hydrogen (secondary N) is 1. The molecule has 1 aromatic carbocycles. The van der Waals surface area contributed by atoms with Crippen molar-refractivity contribution in [1.29, 1.82) is 0 Å². The first-order valence-electron chi connectivity index (χ1n) is 11.4. The number of alkyl halides is 3. The minimum atomic E-state index is -4.80. The van der Waals surface area contributed by atoms with Crippen LogP contribution in [-0.4, -0.2) is 60.7 Å². The van der Waals surface area contributed by atoms with Gasteiger partial charge in [-0.05, 0) is 74.7 Å². The highest BCUT2D eigenvalue weighted by Crippen LogP contribution is 2.32. The lowest BCUT2D eigenvalue weighted by Crippen LogP contribution is -2.46. The highest BCUT2D eigenvalue weighted by atomic mass is 32.2. The van der Waals surface area contributed by atoms with Crippen molar-refractivity contribution in [3.05, 3.63) is 51.7 Å². The Hall–Kier alpha value is -1.99. The Morgan fingerprint density at radius 1 is 1.19 bits per heavy atom. The van der Waals surface area contributed by atoms with Crippen molar-refractivity contribution >= 4 is 27.3 Å². The summed E-state index contributed by atoms with van der Waals surface area (Å²) < 4.78 is 66.9. The van der Waals surface area contributed by atoms with E-state index in [1.54, 1.807) is 11.3 Å². The second-order valence-electron chi connectivity index (χ2n) is 9.39. The average molecular weight is 551 g/mol. The molecule has 0 saturated heterocycles. The molecule has 0 aliphatic heterocycles. The lowest BCUT2D eigenvalue weighted by Gasteiger charge is -2.29. The Morgan fingerprint density at radius 2 is 1.89 bits per heavy atom. The molecule has 3 N–H and O–H groups in total. The monoisotopic (exact) mass is 550 g/mol. The van der Waals surface area contributed by atoms with E-state index in [9.17, 15) is 31.5 Å². The van der Waals surface area contributed by atoms with Gasteiger partial charge in [0.15, 0.2) is 0 Å². The van der Waals surface area contributed by atoms with Crippen LogP contribution in [-0.2, 0) is 33.8 Å². The molecule has 12 heteroatoms. The number of carbonyl (C=O) groups is 1. The molecule has 36 heavy (non-hydrogen) atoms. The van der Waals surface area contributed by atoms with Crippen molar-refractivity contribution in [2.75, 3.05) is 20.1 Å². The molecule has 1 unspecified atom stereocenters. The number of carboxylic acids is 1. The number of rotatable bonds is 14. The number of aliphatic carboxylic acids is 1. The van der Waals surface area contributed by atoms with Gasteiger partial charge in [0, 0.05) is 37.0 Å². The van der Waals surface area contributed by atoms with E-state index in [1.165, 1.54) is 11.9 Å². The van der Waals surface area contributed by atoms with Gasteiger partial charge in [-0.15, -0.1) is 11.3 Å². The first-order valence-corrected chi connectivity index (χ1v) is 13.8. The molecule has 2 rings (SSSR count). The second-order valence-corrected chi connectivity index (χ2v) is 12.5. The Kier molecular flexibility index (Phi) is 10.5. The van der Waals surface area contributed by atoms with E-state index in [-0.39, 0.29) is 30.6 Å². The predicted molar refractivity (Wildman–Crippen MR) is 133 cm³/mol. The van der Waals surface area contributed by atoms with Gasteiger partial charge in [-0.2, -0.15) is 17.5 Å². The topological polar surface area (TPSA) is 107 Å². The Bertz CT molecular complexity index is 1100. The Morgan fingerprint density at radius 3 is 2.47 bits per heavy atom. The summed E-state index contributed by atoms with van der Waals surface area (Å²) in [4.78, 5) is 11.5. The maximum Gasteiger partial charge on any atom is 0.416 e. The molecule has 1 atom stereocenters. The van der Waals surface area contributed by atoms with E-state index in [0.29, 0.717) is 6.07 Å². The summed E-state index contributed by atoms with van der Waals surface area (Å²) in [5, 5.41) is 24.5. The average Bonchev–Trinajstić information content (AvgIpc) is 3.29. The number of β-amino-alcohol motifs (C(OH)–C–C–N with tert-alkyl or cyclic N) is 1. The molecule has 0 aliphatic rings. The number of halogens is 3. The van der Waals surface area contributed by atoms with E-state index in [1.807, 2.05) is 25.3 Å². The zero-order valence-corrected chi connectivity index (χ0v) is 22.1. The highest BCUT2D eigenvalue weighted by molar-refractivity contribution is 7.89. The zero-order valence-electron chi connectivity index (χ0n) is 20.5. The van der Waals surface area contributed by atoms with Crippen LogP contribution in [0, 0.1) is 0 Å². The number of aliphatic hydroxyl groups is 1. The molecule has 0 aliphatic carbocycles. The molecular formula is C24H33F3N2O5S2. The summed E-state index contributed by atoms with van der Waals surface area (Å²) in [7, 11) is -3.19. The van der Waals surface area contributed by atoms with Gasteiger partial charge in [-0.1, -0.05) is 6.07 Å². The molecule has 1 heterocycles. The van der Waals surface area contributed by atoms with Gasteiger partial charge in [0.05, 0.1) is 16.6 Å². The lowest BCUT2D eigenvalue weighted by molar-refractivity contribution is -0.138. The molecule has 0 radical (unpaired) electrons. The van der Waals surface area contributed by atoms with Crippen LogP contribution in [0.15, 0.2) is 40.6 Å². The number of likely N-dealkylation sites (N-methyl/N-ethyl adjacent to an activating group) is 1. The maximum absolute atomic E-state index is 13.4. The summed E-state index contributed by atoms with van der Waals surface area (Å²) in [6.07, 6.45) is -3.89. The largest absolute Gasteiger partial charge is 0.481 e. The number of aliphatic hydroxyl groups excluding tert-OH is 1. The van der Waals surface area contributed by atoms with Gasteiger partial charge < -0.3 is 15.5 Å². The van der Waals surface area contributed by atoms with Crippen molar-refractivity contribution < 1.29 is 36.6 Å². The third-order valence-corrected chi connectivity index (χ3v) is 8.46. The van der Waals surface area contributed by atoms with E-state index in [0.717, 1.165) is 35.7 Å². The van der Waals surface area contributed by atoms with Crippen LogP contribution in [0.1, 0.15) is 49.1 Å². The fourth-order valence-corrected chi connectivity index (χ4v) is 5.71. The zero-order chi connectivity index (χ0) is 27.1. The number of benzene rings is 1. The number of hydrogen-bond acceptors (Lipinski definition) is 6. The normalized spacial score (nSPS) is 13.8. The van der Waals surface area contributed by atoms with Gasteiger partial charge in [0.1, 0.15) is 0 Å². The van der Waals surface area contributed by atoms with Gasteiger partial charge in [-0.3, -0.25) is 4.79 Å². The third kappa shape index (κ3) is 9.47. The van der Waals surface area contributed by atoms with E-state index in [4.69, 9.17) is 5.11 Å². The molecule has 0 bridgehead atoms. The highest BCUT2D eigenvalue weighted by Gasteiger charge is 2.34. The van der Waals surface area contributed by atoms with Crippen molar-refractivity contribution in [3.63, 3.8) is 0 Å². The minimum Gasteiger partial charge on any atom is -0.481 e. The molecule has 1 aromatic heterocycles. The van der Waals surface area contributed by atoms with Crippen LogP contribution < -0.4 is 5.32 Å². The van der Waals surface area contributed by atoms with E-state index >= 15 is 0 Å². The van der Waals surface area contributed by atoms with Crippen molar-refractivity contribution in [1.82, 2.24) is 9.62 Å². The van der Waals surface area contributed by atoms with Gasteiger partial charge in [0.25, 0.3) is 0 Å². The standard InChI is InChI=1S/C24H33F3N2O5S2/c1-23(2,10-4-6-20-7-5-11-35-20)28-15-19(30)16-29(3)36(33,34)21-13-17(8-9-22(31)32)12-18(14-21)24(25,26)27/h5,7,11-14,19,28,30H,4,6,8-10,15-16H2,1-3H3,(H,31,32). The van der Waals surface area contributed by atoms with E-state index < -0.39 is 45.2 Å². The summed E-state index contributed by atoms with van der Waals surface area (Å²) in [5.41, 5.74) is -1.54. The Labute approximate surface area is 214 Å². The van der Waals surface area contributed by atoms with E-state index in [2.05, 4.69) is 11.4 Å². The second kappa shape index (κ2) is 12.5. The summed E-state index contributed by atoms with van der Waals surface area (Å²) in [6.45, 7) is 3.73. The van der Waals surface area contributed by atoms with Gasteiger partial charge in [0.2, 0.25) is 10.0 Å². The van der Waals surface area contributed by atoms with Crippen LogP contribution in [0.5, 0.6) is 0 Å². The predicted octanol–water partition coefficient (Wildman–Crippen LogP) is 4.16. The molecule has 0 saturated carbocycles. The SMILES string of the molecule is CN(CC(O)CNC(C)(C)CCCc1cccs1)S(=O)(=O)c1cc(CCC(=O)O)cc(C(F)(F)F)c1. The molecular weight excluding hydrogens is 517 g/mol. The molecule has 0 spiro atoms. The van der Waals surface area contributed by atoms with Gasteiger partial charge in [-0.25, -0.2) is 8.42 Å².